The maximum absolute atomic E-state index is 14.1. The summed E-state index contributed by atoms with van der Waals surface area (Å²) in [6.45, 7) is 0. The summed E-state index contributed by atoms with van der Waals surface area (Å²) in [4.78, 5) is 10.9. The third kappa shape index (κ3) is 2.91. The summed E-state index contributed by atoms with van der Waals surface area (Å²) >= 11 is 0. The molecule has 4 fully saturated rings. The fourth-order valence-electron chi connectivity index (χ4n) is 6.18. The molecular formula is C23H23FO3. The Hall–Kier alpha value is -2.36. The fraction of sp³-hybridized carbons (Fsp3) is 0.435. The van der Waals surface area contributed by atoms with E-state index in [9.17, 15) is 9.18 Å². The van der Waals surface area contributed by atoms with Gasteiger partial charge >= 0.3 is 5.97 Å². The van der Waals surface area contributed by atoms with Crippen molar-refractivity contribution in [1.82, 2.24) is 0 Å². The first-order valence-corrected chi connectivity index (χ1v) is 9.82. The van der Waals surface area contributed by atoms with E-state index in [0.717, 1.165) is 23.8 Å². The van der Waals surface area contributed by atoms with Crippen LogP contribution in [0.4, 0.5) is 4.39 Å². The molecule has 4 aliphatic rings. The van der Waals surface area contributed by atoms with Crippen LogP contribution in [0.1, 0.15) is 54.4 Å². The van der Waals surface area contributed by atoms with E-state index in [1.807, 2.05) is 12.1 Å². The molecule has 4 bridgehead atoms. The number of hydrogen-bond acceptors (Lipinski definition) is 2. The molecule has 0 spiro atoms. The highest BCUT2D eigenvalue weighted by Crippen LogP contribution is 2.60. The van der Waals surface area contributed by atoms with Crippen LogP contribution in [0.3, 0.4) is 0 Å². The van der Waals surface area contributed by atoms with Crippen LogP contribution in [0.2, 0.25) is 0 Å². The smallest absolute Gasteiger partial charge is 0.335 e. The second-order valence-corrected chi connectivity index (χ2v) is 8.77. The quantitative estimate of drug-likeness (QED) is 0.745. The van der Waals surface area contributed by atoms with Crippen molar-refractivity contribution < 1.29 is 19.0 Å². The normalized spacial score (nSPS) is 31.1. The Morgan fingerprint density at radius 3 is 2.07 bits per heavy atom. The molecule has 0 saturated heterocycles. The molecule has 3 nitrogen and oxygen atoms in total. The van der Waals surface area contributed by atoms with E-state index in [1.54, 1.807) is 0 Å². The first kappa shape index (κ1) is 16.8. The van der Waals surface area contributed by atoms with Gasteiger partial charge in [-0.25, -0.2) is 9.18 Å². The lowest BCUT2D eigenvalue weighted by molar-refractivity contribution is -0.00520. The van der Waals surface area contributed by atoms with Gasteiger partial charge in [-0.15, -0.1) is 0 Å². The minimum absolute atomic E-state index is 0.0440. The molecule has 0 heterocycles. The number of ether oxygens (including phenoxy) is 1. The van der Waals surface area contributed by atoms with Crippen molar-refractivity contribution in [3.63, 3.8) is 0 Å². The van der Waals surface area contributed by atoms with Crippen molar-refractivity contribution in [2.75, 3.05) is 0 Å². The predicted molar refractivity (Wildman–Crippen MR) is 99.7 cm³/mol. The van der Waals surface area contributed by atoms with Gasteiger partial charge in [0.15, 0.2) is 11.6 Å². The molecule has 4 heteroatoms. The van der Waals surface area contributed by atoms with Crippen LogP contribution in [0.15, 0.2) is 42.5 Å². The van der Waals surface area contributed by atoms with Gasteiger partial charge in [-0.05, 0) is 97.6 Å². The molecule has 2 aromatic rings. The molecule has 0 radical (unpaired) electrons. The van der Waals surface area contributed by atoms with Crippen molar-refractivity contribution in [1.29, 1.82) is 0 Å². The average molecular weight is 366 g/mol. The Bertz CT molecular complexity index is 852. The number of aromatic carboxylic acids is 1. The molecule has 4 aliphatic carbocycles. The van der Waals surface area contributed by atoms with Crippen molar-refractivity contribution in [2.24, 2.45) is 17.8 Å². The van der Waals surface area contributed by atoms with Crippen molar-refractivity contribution in [2.45, 2.75) is 43.9 Å². The largest absolute Gasteiger partial charge is 0.478 e. The molecule has 0 aliphatic heterocycles. The van der Waals surface area contributed by atoms with Crippen LogP contribution in [0.25, 0.3) is 0 Å². The summed E-state index contributed by atoms with van der Waals surface area (Å²) in [5, 5.41) is 8.93. The van der Waals surface area contributed by atoms with E-state index in [0.29, 0.717) is 11.2 Å². The highest BCUT2D eigenvalue weighted by atomic mass is 19.1. The lowest BCUT2D eigenvalue weighted by Gasteiger charge is -2.57. The van der Waals surface area contributed by atoms with E-state index in [1.165, 1.54) is 56.2 Å². The van der Waals surface area contributed by atoms with Gasteiger partial charge in [0.25, 0.3) is 0 Å². The topological polar surface area (TPSA) is 46.5 Å². The zero-order chi connectivity index (χ0) is 18.6. The summed E-state index contributed by atoms with van der Waals surface area (Å²) in [6, 6.07) is 11.8. The van der Waals surface area contributed by atoms with Gasteiger partial charge in [0.1, 0.15) is 5.75 Å². The zero-order valence-corrected chi connectivity index (χ0v) is 15.2. The molecule has 27 heavy (non-hydrogen) atoms. The Morgan fingerprint density at radius 2 is 1.56 bits per heavy atom. The van der Waals surface area contributed by atoms with Gasteiger partial charge in [-0.1, -0.05) is 12.1 Å². The number of halogens is 1. The van der Waals surface area contributed by atoms with Gasteiger partial charge in [0.2, 0.25) is 0 Å². The van der Waals surface area contributed by atoms with Crippen molar-refractivity contribution >= 4 is 5.97 Å². The number of carbonyl (C=O) groups is 1. The molecule has 140 valence electrons. The second kappa shape index (κ2) is 6.08. The molecular weight excluding hydrogens is 343 g/mol. The SMILES string of the molecule is O=C(O)c1ccc(Oc2ccc(C34CC5CC(CC(C5)C3)C4)cc2)c(F)c1. The van der Waals surface area contributed by atoms with Crippen molar-refractivity contribution in [3.05, 3.63) is 59.4 Å². The third-order valence-corrected chi connectivity index (χ3v) is 6.91. The Morgan fingerprint density at radius 1 is 0.963 bits per heavy atom. The molecule has 0 aromatic heterocycles. The van der Waals surface area contributed by atoms with E-state index in [-0.39, 0.29) is 11.3 Å². The highest BCUT2D eigenvalue weighted by molar-refractivity contribution is 5.87. The standard InChI is InChI=1S/C23H23FO3/c24-20-10-17(22(25)26)1-6-21(20)27-19-4-2-18(3-5-19)23-11-14-7-15(12-23)9-16(8-14)13-23/h1-6,10,14-16H,7-9,11-13H2,(H,25,26). The molecule has 0 unspecified atom stereocenters. The summed E-state index contributed by atoms with van der Waals surface area (Å²) in [7, 11) is 0. The molecule has 0 atom stereocenters. The van der Waals surface area contributed by atoms with Crippen LogP contribution in [-0.4, -0.2) is 11.1 Å². The molecule has 4 saturated carbocycles. The first-order valence-electron chi connectivity index (χ1n) is 9.82. The minimum atomic E-state index is -1.15. The molecule has 1 N–H and O–H groups in total. The van der Waals surface area contributed by atoms with E-state index < -0.39 is 11.8 Å². The van der Waals surface area contributed by atoms with Crippen LogP contribution >= 0.6 is 0 Å². The molecule has 0 amide bonds. The van der Waals surface area contributed by atoms with Crippen LogP contribution in [-0.2, 0) is 5.41 Å². The fourth-order valence-corrected chi connectivity index (χ4v) is 6.18. The van der Waals surface area contributed by atoms with E-state index >= 15 is 0 Å². The Kier molecular flexibility index (Phi) is 3.78. The lowest BCUT2D eigenvalue weighted by atomic mass is 9.48. The van der Waals surface area contributed by atoms with Crippen LogP contribution in [0, 0.1) is 23.6 Å². The van der Waals surface area contributed by atoms with Gasteiger partial charge in [-0.2, -0.15) is 0 Å². The minimum Gasteiger partial charge on any atom is -0.478 e. The molecule has 2 aromatic carbocycles. The van der Waals surface area contributed by atoms with Gasteiger partial charge in [-0.3, -0.25) is 0 Å². The first-order chi connectivity index (χ1) is 13.0. The van der Waals surface area contributed by atoms with E-state index in [4.69, 9.17) is 9.84 Å². The number of rotatable bonds is 4. The number of carboxylic acids is 1. The van der Waals surface area contributed by atoms with Crippen molar-refractivity contribution in [3.8, 4) is 11.5 Å². The summed E-state index contributed by atoms with van der Waals surface area (Å²) < 4.78 is 19.7. The maximum Gasteiger partial charge on any atom is 0.335 e. The number of hydrogen-bond donors (Lipinski definition) is 1. The maximum atomic E-state index is 14.1. The Balaban J connectivity index is 1.36. The zero-order valence-electron chi connectivity index (χ0n) is 15.2. The van der Waals surface area contributed by atoms with E-state index in [2.05, 4.69) is 12.1 Å². The summed E-state index contributed by atoms with van der Waals surface area (Å²) in [5.41, 5.74) is 1.65. The van der Waals surface area contributed by atoms with Gasteiger partial charge < -0.3 is 9.84 Å². The second-order valence-electron chi connectivity index (χ2n) is 8.77. The van der Waals surface area contributed by atoms with Gasteiger partial charge in [0, 0.05) is 0 Å². The third-order valence-electron chi connectivity index (χ3n) is 6.91. The number of carboxylic acid groups (broad SMARTS) is 1. The van der Waals surface area contributed by atoms with Gasteiger partial charge in [0.05, 0.1) is 5.56 Å². The van der Waals surface area contributed by atoms with Crippen LogP contribution < -0.4 is 4.74 Å². The Labute approximate surface area is 158 Å². The van der Waals surface area contributed by atoms with Crippen LogP contribution in [0.5, 0.6) is 11.5 Å². The monoisotopic (exact) mass is 366 g/mol. The lowest BCUT2D eigenvalue weighted by Crippen LogP contribution is -2.48. The summed E-state index contributed by atoms with van der Waals surface area (Å²) in [5.74, 6) is 1.49. The number of benzene rings is 2. The predicted octanol–water partition coefficient (Wildman–Crippen LogP) is 5.78. The molecule has 6 rings (SSSR count). The highest BCUT2D eigenvalue weighted by Gasteiger charge is 2.51. The summed E-state index contributed by atoms with van der Waals surface area (Å²) in [6.07, 6.45) is 8.20. The average Bonchev–Trinajstić information content (AvgIpc) is 2.62.